The van der Waals surface area contributed by atoms with E-state index >= 15 is 0 Å². The van der Waals surface area contributed by atoms with Gasteiger partial charge < -0.3 is 9.13 Å². The van der Waals surface area contributed by atoms with Crippen LogP contribution in [0.1, 0.15) is 0 Å². The van der Waals surface area contributed by atoms with Crippen molar-refractivity contribution in [3.05, 3.63) is 261 Å². The lowest BCUT2D eigenvalue weighted by atomic mass is 9.34. The molecule has 2 aromatic heterocycles. The molecule has 0 spiro atoms. The first kappa shape index (κ1) is 43.1. The second-order valence-corrected chi connectivity index (χ2v) is 23.6. The maximum Gasteiger partial charge on any atom is 0.252 e. The smallest absolute Gasteiger partial charge is 0.252 e. The van der Waals surface area contributed by atoms with Gasteiger partial charge in [-0.3, -0.25) is 0 Å². The molecule has 17 aromatic carbocycles. The van der Waals surface area contributed by atoms with Crippen LogP contribution in [0.3, 0.4) is 0 Å². The quantitative estimate of drug-likeness (QED) is 0.0881. The topological polar surface area (TPSA) is 9.86 Å². The number of hydrogen-bond acceptors (Lipinski definition) is 0. The van der Waals surface area contributed by atoms with E-state index in [1.807, 2.05) is 0 Å². The van der Waals surface area contributed by atoms with Crippen LogP contribution in [-0.4, -0.2) is 15.8 Å². The highest BCUT2D eigenvalue weighted by Gasteiger charge is 2.42. The van der Waals surface area contributed by atoms with Gasteiger partial charge in [-0.1, -0.05) is 231 Å². The summed E-state index contributed by atoms with van der Waals surface area (Å²) in [7, 11) is 0. The van der Waals surface area contributed by atoms with E-state index in [2.05, 4.69) is 270 Å². The summed E-state index contributed by atoms with van der Waals surface area (Å²) in [5, 5.41) is 33.4. The van der Waals surface area contributed by atoms with E-state index in [1.54, 1.807) is 0 Å². The Bertz CT molecular complexity index is 6190. The molecule has 0 saturated heterocycles. The van der Waals surface area contributed by atoms with E-state index in [-0.39, 0.29) is 6.71 Å². The van der Waals surface area contributed by atoms with Crippen molar-refractivity contribution in [1.29, 1.82) is 0 Å². The van der Waals surface area contributed by atoms with Gasteiger partial charge in [-0.25, -0.2) is 0 Å². The van der Waals surface area contributed by atoms with Crippen LogP contribution in [0.25, 0.3) is 185 Å². The summed E-state index contributed by atoms with van der Waals surface area (Å²) in [5.74, 6) is 0. The average Bonchev–Trinajstić information content (AvgIpc) is 1.71. The maximum atomic E-state index is 2.72. The third-order valence-corrected chi connectivity index (χ3v) is 19.9. The molecule has 4 heterocycles. The molecule has 376 valence electrons. The summed E-state index contributed by atoms with van der Waals surface area (Å²) in [6.45, 7) is -0.122. The van der Waals surface area contributed by atoms with Gasteiger partial charge in [0.25, 0.3) is 6.71 Å². The Labute approximate surface area is 474 Å². The number of fused-ring (bicyclic) bond motifs is 33. The van der Waals surface area contributed by atoms with Gasteiger partial charge >= 0.3 is 0 Å². The van der Waals surface area contributed by atoms with Crippen LogP contribution in [0, 0.1) is 0 Å². The van der Waals surface area contributed by atoms with E-state index in [0.29, 0.717) is 0 Å². The second-order valence-electron chi connectivity index (χ2n) is 23.6. The molecule has 0 bridgehead atoms. The largest absolute Gasteiger partial charge is 0.310 e. The van der Waals surface area contributed by atoms with Crippen molar-refractivity contribution in [2.75, 3.05) is 0 Å². The Hall–Kier alpha value is -10.7. The van der Waals surface area contributed by atoms with Gasteiger partial charge in [-0.2, -0.15) is 0 Å². The van der Waals surface area contributed by atoms with Gasteiger partial charge in [0.05, 0.1) is 16.6 Å². The van der Waals surface area contributed by atoms with Gasteiger partial charge in [-0.15, -0.1) is 0 Å². The number of rotatable bonds is 1. The normalized spacial score (nSPS) is 13.0. The molecule has 2 aliphatic heterocycles. The van der Waals surface area contributed by atoms with Crippen LogP contribution in [0.15, 0.2) is 261 Å². The Morgan fingerprint density at radius 1 is 0.229 bits per heavy atom. The highest BCUT2D eigenvalue weighted by Crippen LogP contribution is 2.51. The van der Waals surface area contributed by atoms with Crippen molar-refractivity contribution in [3.63, 3.8) is 0 Å². The van der Waals surface area contributed by atoms with Crippen LogP contribution in [0.4, 0.5) is 0 Å². The van der Waals surface area contributed by atoms with Crippen molar-refractivity contribution in [1.82, 2.24) is 9.13 Å². The average molecular weight is 1040 g/mol. The van der Waals surface area contributed by atoms with Gasteiger partial charge in [0.15, 0.2) is 0 Å². The van der Waals surface area contributed by atoms with Gasteiger partial charge in [-0.05, 0) is 160 Å². The lowest BCUT2D eigenvalue weighted by molar-refractivity contribution is 1.15. The highest BCUT2D eigenvalue weighted by atomic mass is 15.0. The summed E-state index contributed by atoms with van der Waals surface area (Å²) < 4.78 is 5.43. The Morgan fingerprint density at radius 2 is 0.639 bits per heavy atom. The summed E-state index contributed by atoms with van der Waals surface area (Å²) >= 11 is 0. The molecule has 0 aliphatic carbocycles. The fourth-order valence-electron chi connectivity index (χ4n) is 16.9. The van der Waals surface area contributed by atoms with Crippen LogP contribution in [0.5, 0.6) is 0 Å². The summed E-state index contributed by atoms with van der Waals surface area (Å²) in [4.78, 5) is 0. The lowest BCUT2D eigenvalue weighted by Crippen LogP contribution is -2.59. The molecule has 2 nitrogen and oxygen atoms in total. The monoisotopic (exact) mass is 1040 g/mol. The third-order valence-electron chi connectivity index (χ3n) is 19.9. The standard InChI is InChI=1S/C80H43BN2/c1-3-20-47-44(18-1)40-45-19-2-4-21-48(45)71(47)46-41-65-63-37-36-62-56-29-9-6-23-50(56)54-27-13-16-33-60(54)74(62)79(63)83-70-35-17-34-69-77(70)81(66(42-46)78(65)83)67-43-64-57-30-10-7-24-51(57)53-26-12-15-32-59(53)73(64)76-75-68(82(69)80(67)76)39-38-61-55-28-8-5-22-49(55)52-25-11-14-31-58(52)72(61)75/h1-43H. The first-order valence-electron chi connectivity index (χ1n) is 29.2. The maximum absolute atomic E-state index is 2.72. The van der Waals surface area contributed by atoms with Crippen LogP contribution < -0.4 is 16.4 Å². The molecule has 83 heavy (non-hydrogen) atoms. The van der Waals surface area contributed by atoms with Crippen molar-refractivity contribution in [2.24, 2.45) is 0 Å². The predicted octanol–water partition coefficient (Wildman–Crippen LogP) is 19.4. The number of hydrogen-bond donors (Lipinski definition) is 0. The Morgan fingerprint density at radius 3 is 1.20 bits per heavy atom. The van der Waals surface area contributed by atoms with Crippen molar-refractivity contribution in [2.45, 2.75) is 0 Å². The molecule has 19 aromatic rings. The molecule has 0 atom stereocenters. The van der Waals surface area contributed by atoms with E-state index in [0.717, 1.165) is 0 Å². The molecule has 0 saturated carbocycles. The van der Waals surface area contributed by atoms with Crippen molar-refractivity contribution in [3.8, 4) is 22.5 Å². The van der Waals surface area contributed by atoms with E-state index < -0.39 is 0 Å². The molecule has 0 amide bonds. The van der Waals surface area contributed by atoms with E-state index in [1.165, 1.54) is 201 Å². The summed E-state index contributed by atoms with van der Waals surface area (Å²) in [6, 6.07) is 100. The minimum atomic E-state index is -0.122. The van der Waals surface area contributed by atoms with Crippen molar-refractivity contribution >= 4 is 185 Å². The molecule has 2 aliphatic rings. The van der Waals surface area contributed by atoms with Crippen LogP contribution in [-0.2, 0) is 0 Å². The van der Waals surface area contributed by atoms with Crippen LogP contribution in [0.2, 0.25) is 0 Å². The Kier molecular flexibility index (Phi) is 7.88. The summed E-state index contributed by atoms with van der Waals surface area (Å²) in [6.07, 6.45) is 0. The minimum Gasteiger partial charge on any atom is -0.310 e. The zero-order valence-electron chi connectivity index (χ0n) is 44.8. The second kappa shape index (κ2) is 15.2. The lowest BCUT2D eigenvalue weighted by Gasteiger charge is -2.34. The van der Waals surface area contributed by atoms with Gasteiger partial charge in [0.2, 0.25) is 0 Å². The Balaban J connectivity index is 1.03. The summed E-state index contributed by atoms with van der Waals surface area (Å²) in [5.41, 5.74) is 14.1. The van der Waals surface area contributed by atoms with E-state index in [9.17, 15) is 0 Å². The fraction of sp³-hybridized carbons (Fsp3) is 0. The number of nitrogens with zero attached hydrogens (tertiary/aromatic N) is 2. The molecule has 3 heteroatoms. The molecule has 0 radical (unpaired) electrons. The zero-order valence-corrected chi connectivity index (χ0v) is 44.8. The number of aromatic nitrogens is 2. The first-order valence-corrected chi connectivity index (χ1v) is 29.2. The third kappa shape index (κ3) is 5.17. The minimum absolute atomic E-state index is 0.122. The molecular formula is C80H43BN2. The molecule has 21 rings (SSSR count). The highest BCUT2D eigenvalue weighted by molar-refractivity contribution is 7.00. The zero-order chi connectivity index (χ0) is 53.5. The SMILES string of the molecule is c1cc2c3c(c1)-n1c4c(cc(-c5c6ccccc6cc6ccccc56)cc4c4ccc5c6ccccc6c6ccccc6c5c41)B3c1cc3c4ccccc4c4ccccc4c3c3c4c5c6ccccc6c6ccccc6c5ccc4n-2c13. The number of benzene rings is 17. The predicted molar refractivity (Wildman–Crippen MR) is 358 cm³/mol. The molecular weight excluding hydrogens is 1000 g/mol. The van der Waals surface area contributed by atoms with Gasteiger partial charge in [0, 0.05) is 54.6 Å². The first-order chi connectivity index (χ1) is 41.2. The molecule has 0 N–H and O–H groups in total. The molecule has 0 fully saturated rings. The fourth-order valence-corrected chi connectivity index (χ4v) is 16.9. The van der Waals surface area contributed by atoms with E-state index in [4.69, 9.17) is 0 Å². The van der Waals surface area contributed by atoms with Crippen LogP contribution >= 0.6 is 0 Å². The van der Waals surface area contributed by atoms with Gasteiger partial charge in [0.1, 0.15) is 0 Å². The van der Waals surface area contributed by atoms with Crippen molar-refractivity contribution < 1.29 is 0 Å². The molecule has 0 unspecified atom stereocenters.